The normalized spacial score (nSPS) is 17.2. The molecule has 0 aliphatic carbocycles. The number of rotatable bonds is 3. The van der Waals surface area contributed by atoms with Crippen LogP contribution in [0.1, 0.15) is 17.5 Å². The Morgan fingerprint density at radius 1 is 1.21 bits per heavy atom. The minimum absolute atomic E-state index is 0.00673. The van der Waals surface area contributed by atoms with E-state index in [4.69, 9.17) is 0 Å². The fourth-order valence-electron chi connectivity index (χ4n) is 2.90. The van der Waals surface area contributed by atoms with Gasteiger partial charge in [-0.05, 0) is 55.3 Å². The van der Waals surface area contributed by atoms with Gasteiger partial charge in [0.1, 0.15) is 0 Å². The van der Waals surface area contributed by atoms with Crippen LogP contribution in [0, 0.1) is 19.8 Å². The molecule has 0 radical (unpaired) electrons. The molecule has 1 heterocycles. The molecule has 4 nitrogen and oxygen atoms in total. The summed E-state index contributed by atoms with van der Waals surface area (Å²) >= 11 is 3.45. The first-order valence-electron chi connectivity index (χ1n) is 7.88. The first kappa shape index (κ1) is 16.7. The second kappa shape index (κ2) is 6.77. The van der Waals surface area contributed by atoms with Crippen molar-refractivity contribution in [1.82, 2.24) is 0 Å². The molecule has 0 aromatic heterocycles. The summed E-state index contributed by atoms with van der Waals surface area (Å²) in [6.45, 7) is 4.38. The van der Waals surface area contributed by atoms with E-state index in [0.29, 0.717) is 6.54 Å². The Hall–Kier alpha value is -2.14. The van der Waals surface area contributed by atoms with Crippen molar-refractivity contribution in [2.75, 3.05) is 16.8 Å². The molecule has 1 aliphatic heterocycles. The van der Waals surface area contributed by atoms with E-state index in [1.54, 1.807) is 4.90 Å². The number of nitrogens with one attached hydrogen (secondary N) is 1. The number of carbonyl (C=O) groups is 2. The Labute approximate surface area is 150 Å². The van der Waals surface area contributed by atoms with Gasteiger partial charge in [-0.1, -0.05) is 28.1 Å². The largest absolute Gasteiger partial charge is 0.326 e. The van der Waals surface area contributed by atoms with Gasteiger partial charge in [0.05, 0.1) is 5.92 Å². The maximum absolute atomic E-state index is 12.5. The van der Waals surface area contributed by atoms with Crippen LogP contribution < -0.4 is 10.2 Å². The van der Waals surface area contributed by atoms with Crippen molar-refractivity contribution in [3.05, 3.63) is 58.1 Å². The summed E-state index contributed by atoms with van der Waals surface area (Å²) in [6.07, 6.45) is 0.245. The Morgan fingerprint density at radius 2 is 2.00 bits per heavy atom. The third-order valence-electron chi connectivity index (χ3n) is 4.23. The van der Waals surface area contributed by atoms with Gasteiger partial charge >= 0.3 is 0 Å². The molecule has 0 saturated carbocycles. The summed E-state index contributed by atoms with van der Waals surface area (Å²) in [5.74, 6) is -0.449. The first-order valence-corrected chi connectivity index (χ1v) is 8.67. The molecule has 1 N–H and O–H groups in total. The molecule has 2 amide bonds. The van der Waals surface area contributed by atoms with Crippen molar-refractivity contribution >= 4 is 39.1 Å². The second-order valence-corrected chi connectivity index (χ2v) is 7.05. The number of amides is 2. The lowest BCUT2D eigenvalue weighted by Gasteiger charge is -2.17. The number of carbonyl (C=O) groups excluding carboxylic acids is 2. The third kappa shape index (κ3) is 3.51. The molecule has 124 valence electrons. The molecule has 5 heteroatoms. The van der Waals surface area contributed by atoms with Crippen LogP contribution in [0.5, 0.6) is 0 Å². The molecule has 0 spiro atoms. The van der Waals surface area contributed by atoms with Crippen LogP contribution in [0.15, 0.2) is 46.9 Å². The predicted molar refractivity (Wildman–Crippen MR) is 99.1 cm³/mol. The number of halogens is 1. The Bertz CT molecular complexity index is 804. The van der Waals surface area contributed by atoms with Gasteiger partial charge in [0.15, 0.2) is 0 Å². The van der Waals surface area contributed by atoms with Gasteiger partial charge in [0.25, 0.3) is 0 Å². The summed E-state index contributed by atoms with van der Waals surface area (Å²) in [6, 6.07) is 13.5. The maximum atomic E-state index is 12.5. The van der Waals surface area contributed by atoms with Crippen LogP contribution in [-0.4, -0.2) is 18.4 Å². The Kier molecular flexibility index (Phi) is 4.71. The molecule has 2 aromatic carbocycles. The van der Waals surface area contributed by atoms with Crippen molar-refractivity contribution in [3.63, 3.8) is 0 Å². The number of benzene rings is 2. The number of hydrogen-bond acceptors (Lipinski definition) is 2. The van der Waals surface area contributed by atoms with Gasteiger partial charge in [-0.2, -0.15) is 0 Å². The van der Waals surface area contributed by atoms with Crippen LogP contribution in [0.4, 0.5) is 11.4 Å². The van der Waals surface area contributed by atoms with Gasteiger partial charge in [-0.25, -0.2) is 0 Å². The lowest BCUT2D eigenvalue weighted by atomic mass is 10.1. The molecule has 1 aliphatic rings. The van der Waals surface area contributed by atoms with Crippen LogP contribution in [0.3, 0.4) is 0 Å². The quantitative estimate of drug-likeness (QED) is 0.864. The predicted octanol–water partition coefficient (Wildman–Crippen LogP) is 4.06. The third-order valence-corrected chi connectivity index (χ3v) is 5.12. The van der Waals surface area contributed by atoms with Crippen molar-refractivity contribution < 1.29 is 9.59 Å². The van der Waals surface area contributed by atoms with Gasteiger partial charge < -0.3 is 10.2 Å². The van der Waals surface area contributed by atoms with E-state index in [1.165, 1.54) is 0 Å². The van der Waals surface area contributed by atoms with Crippen molar-refractivity contribution in [1.29, 1.82) is 0 Å². The van der Waals surface area contributed by atoms with E-state index >= 15 is 0 Å². The molecular formula is C19H19BrN2O2. The topological polar surface area (TPSA) is 49.4 Å². The molecule has 0 unspecified atom stereocenters. The molecule has 1 fully saturated rings. The molecule has 3 rings (SSSR count). The lowest BCUT2D eigenvalue weighted by molar-refractivity contribution is -0.122. The summed E-state index contributed by atoms with van der Waals surface area (Å²) < 4.78 is 1.00. The average Bonchev–Trinajstić information content (AvgIpc) is 2.93. The van der Waals surface area contributed by atoms with E-state index in [0.717, 1.165) is 27.0 Å². The second-order valence-electron chi connectivity index (χ2n) is 6.20. The zero-order chi connectivity index (χ0) is 17.3. The highest BCUT2D eigenvalue weighted by atomic mass is 79.9. The summed E-state index contributed by atoms with van der Waals surface area (Å²) in [7, 11) is 0. The van der Waals surface area contributed by atoms with Gasteiger partial charge in [0.2, 0.25) is 11.8 Å². The molecule has 1 atom stereocenters. The SMILES string of the molecule is Cc1cccc(N2C[C@H](C(=O)Nc3ccc(Br)c(C)c3)CC2=O)c1. The van der Waals surface area contributed by atoms with Crippen molar-refractivity contribution in [2.45, 2.75) is 20.3 Å². The summed E-state index contributed by atoms with van der Waals surface area (Å²) in [5.41, 5.74) is 3.76. The number of hydrogen-bond donors (Lipinski definition) is 1. The van der Waals surface area contributed by atoms with Gasteiger partial charge in [0, 0.05) is 28.8 Å². The fraction of sp³-hybridized carbons (Fsp3) is 0.263. The van der Waals surface area contributed by atoms with E-state index < -0.39 is 0 Å². The Morgan fingerprint density at radius 3 is 2.71 bits per heavy atom. The average molecular weight is 387 g/mol. The molecule has 1 saturated heterocycles. The maximum Gasteiger partial charge on any atom is 0.229 e. The monoisotopic (exact) mass is 386 g/mol. The van der Waals surface area contributed by atoms with Crippen LogP contribution in [-0.2, 0) is 9.59 Å². The van der Waals surface area contributed by atoms with E-state index in [9.17, 15) is 9.59 Å². The van der Waals surface area contributed by atoms with Crippen LogP contribution in [0.2, 0.25) is 0 Å². The first-order chi connectivity index (χ1) is 11.4. The number of anilines is 2. The van der Waals surface area contributed by atoms with Gasteiger partial charge in [-0.15, -0.1) is 0 Å². The summed E-state index contributed by atoms with van der Waals surface area (Å²) in [4.78, 5) is 26.5. The van der Waals surface area contributed by atoms with Crippen molar-refractivity contribution in [3.8, 4) is 0 Å². The molecule has 24 heavy (non-hydrogen) atoms. The minimum atomic E-state index is -0.332. The zero-order valence-electron chi connectivity index (χ0n) is 13.7. The van der Waals surface area contributed by atoms with Crippen LogP contribution >= 0.6 is 15.9 Å². The summed E-state index contributed by atoms with van der Waals surface area (Å²) in [5, 5.41) is 2.92. The number of aryl methyl sites for hydroxylation is 2. The molecule has 0 bridgehead atoms. The van der Waals surface area contributed by atoms with E-state index in [1.807, 2.05) is 56.3 Å². The molecule has 2 aromatic rings. The zero-order valence-corrected chi connectivity index (χ0v) is 15.3. The lowest BCUT2D eigenvalue weighted by Crippen LogP contribution is -2.28. The standard InChI is InChI=1S/C19H19BrN2O2/c1-12-4-3-5-16(8-12)22-11-14(10-18(22)23)19(24)21-15-6-7-17(20)13(2)9-15/h3-9,14H,10-11H2,1-2H3,(H,21,24)/t14-/m1/s1. The Balaban J connectivity index is 1.70. The fourth-order valence-corrected chi connectivity index (χ4v) is 3.14. The van der Waals surface area contributed by atoms with Gasteiger partial charge in [-0.3, -0.25) is 9.59 Å². The smallest absolute Gasteiger partial charge is 0.229 e. The van der Waals surface area contributed by atoms with Crippen molar-refractivity contribution in [2.24, 2.45) is 5.92 Å². The van der Waals surface area contributed by atoms with E-state index in [2.05, 4.69) is 21.2 Å². The van der Waals surface area contributed by atoms with E-state index in [-0.39, 0.29) is 24.2 Å². The highest BCUT2D eigenvalue weighted by molar-refractivity contribution is 9.10. The van der Waals surface area contributed by atoms with Crippen LogP contribution in [0.25, 0.3) is 0 Å². The molecular weight excluding hydrogens is 368 g/mol. The highest BCUT2D eigenvalue weighted by Gasteiger charge is 2.35. The number of nitrogens with zero attached hydrogens (tertiary/aromatic N) is 1. The minimum Gasteiger partial charge on any atom is -0.326 e. The highest BCUT2D eigenvalue weighted by Crippen LogP contribution is 2.27.